The van der Waals surface area contributed by atoms with Crippen LogP contribution in [0.4, 0.5) is 8.78 Å². The number of rotatable bonds is 8. The third-order valence-corrected chi connectivity index (χ3v) is 9.45. The average molecular weight is 485 g/mol. The zero-order valence-corrected chi connectivity index (χ0v) is 20.2. The van der Waals surface area contributed by atoms with E-state index in [1.807, 2.05) is 0 Å². The van der Waals surface area contributed by atoms with Gasteiger partial charge in [0.25, 0.3) is 0 Å². The van der Waals surface area contributed by atoms with Gasteiger partial charge in [0.15, 0.2) is 5.78 Å². The second-order valence-electron chi connectivity index (χ2n) is 10.8. The number of ketones is 1. The molecule has 0 aromatic heterocycles. The van der Waals surface area contributed by atoms with Gasteiger partial charge in [0.2, 0.25) is 0 Å². The van der Waals surface area contributed by atoms with E-state index in [0.29, 0.717) is 34.8 Å². The number of hydrogen-bond acceptors (Lipinski definition) is 3. The van der Waals surface area contributed by atoms with Gasteiger partial charge in [-0.05, 0) is 85.0 Å². The van der Waals surface area contributed by atoms with E-state index in [4.69, 9.17) is 5.11 Å². The molecule has 4 aliphatic rings. The second kappa shape index (κ2) is 9.10. The van der Waals surface area contributed by atoms with Gasteiger partial charge in [-0.15, -0.1) is 0 Å². The summed E-state index contributed by atoms with van der Waals surface area (Å²) in [7, 11) is 0. The first-order valence-electron chi connectivity index (χ1n) is 12.2. The van der Waals surface area contributed by atoms with Crippen LogP contribution in [0.5, 0.6) is 0 Å². The highest BCUT2D eigenvalue weighted by Gasteiger charge is 2.52. The highest BCUT2D eigenvalue weighted by Crippen LogP contribution is 2.61. The van der Waals surface area contributed by atoms with Crippen LogP contribution in [0.1, 0.15) is 72.5 Å². The van der Waals surface area contributed by atoms with Crippen LogP contribution < -0.4 is 0 Å². The van der Waals surface area contributed by atoms with E-state index < -0.39 is 23.5 Å². The van der Waals surface area contributed by atoms with Crippen LogP contribution >= 0.6 is 11.8 Å². The van der Waals surface area contributed by atoms with E-state index in [-0.39, 0.29) is 22.4 Å². The molecule has 0 saturated heterocycles. The fraction of sp³-hybridized carbons (Fsp3) is 0.500. The van der Waals surface area contributed by atoms with Crippen molar-refractivity contribution in [1.82, 2.24) is 0 Å². The molecule has 4 fully saturated rings. The zero-order chi connectivity index (χ0) is 24.0. The van der Waals surface area contributed by atoms with Crippen LogP contribution in [0.3, 0.4) is 0 Å². The summed E-state index contributed by atoms with van der Waals surface area (Å²) in [6.07, 6.45) is 7.03. The minimum Gasteiger partial charge on any atom is -0.481 e. The quantitative estimate of drug-likeness (QED) is 0.428. The van der Waals surface area contributed by atoms with Gasteiger partial charge in [0.05, 0.1) is 5.92 Å². The van der Waals surface area contributed by atoms with Crippen molar-refractivity contribution in [1.29, 1.82) is 0 Å². The number of aliphatic carboxylic acids is 1. The topological polar surface area (TPSA) is 54.4 Å². The summed E-state index contributed by atoms with van der Waals surface area (Å²) in [5.74, 6) is 0.226. The number of carboxylic acid groups (broad SMARTS) is 1. The predicted octanol–water partition coefficient (Wildman–Crippen LogP) is 6.62. The fourth-order valence-electron chi connectivity index (χ4n) is 6.92. The summed E-state index contributed by atoms with van der Waals surface area (Å²) in [5.41, 5.74) is 1.53. The molecule has 2 aromatic carbocycles. The Kier molecular flexibility index (Phi) is 6.30. The van der Waals surface area contributed by atoms with E-state index in [0.717, 1.165) is 24.8 Å². The molecule has 0 heterocycles. The standard InChI is InChI=1S/C28H30F2O3S/c1-16(27(32)33)14-34-15-22-3-2-20(9-24(22)29)26(31)21-4-5-23(25(30)10-21)28-11-17-6-18(12-28)8-19(7-17)13-28/h2-5,9-10,16-19H,6-8,11-15H2,1H3,(H,32,33). The van der Waals surface area contributed by atoms with Crippen molar-refractivity contribution in [2.45, 2.75) is 56.6 Å². The lowest BCUT2D eigenvalue weighted by Crippen LogP contribution is -2.48. The smallest absolute Gasteiger partial charge is 0.307 e. The lowest BCUT2D eigenvalue weighted by Gasteiger charge is -2.57. The Morgan fingerprint density at radius 3 is 2.06 bits per heavy atom. The molecule has 0 spiro atoms. The van der Waals surface area contributed by atoms with Gasteiger partial charge in [-0.3, -0.25) is 9.59 Å². The molecule has 1 unspecified atom stereocenters. The molecule has 34 heavy (non-hydrogen) atoms. The second-order valence-corrected chi connectivity index (χ2v) is 11.8. The van der Waals surface area contributed by atoms with E-state index in [1.54, 1.807) is 31.2 Å². The number of benzene rings is 2. The lowest BCUT2D eigenvalue weighted by atomic mass is 9.48. The van der Waals surface area contributed by atoms with E-state index in [9.17, 15) is 14.0 Å². The summed E-state index contributed by atoms with van der Waals surface area (Å²) in [5, 5.41) is 8.95. The van der Waals surface area contributed by atoms with E-state index in [2.05, 4.69) is 0 Å². The summed E-state index contributed by atoms with van der Waals surface area (Å²) < 4.78 is 30.0. The van der Waals surface area contributed by atoms with Gasteiger partial charge in [-0.1, -0.05) is 31.2 Å². The molecular weight excluding hydrogens is 454 g/mol. The lowest BCUT2D eigenvalue weighted by molar-refractivity contribution is -0.140. The molecular formula is C28H30F2O3S. The first-order chi connectivity index (χ1) is 16.2. The van der Waals surface area contributed by atoms with Gasteiger partial charge < -0.3 is 5.11 Å². The summed E-state index contributed by atoms with van der Waals surface area (Å²) in [4.78, 5) is 23.9. The zero-order valence-electron chi connectivity index (χ0n) is 19.4. The minimum absolute atomic E-state index is 0.0794. The van der Waals surface area contributed by atoms with Crippen molar-refractivity contribution in [2.75, 3.05) is 5.75 Å². The van der Waals surface area contributed by atoms with E-state index >= 15 is 4.39 Å². The summed E-state index contributed by atoms with van der Waals surface area (Å²) >= 11 is 1.34. The number of carboxylic acids is 1. The van der Waals surface area contributed by atoms with Gasteiger partial charge in [-0.25, -0.2) is 8.78 Å². The van der Waals surface area contributed by atoms with Crippen molar-refractivity contribution in [3.8, 4) is 0 Å². The molecule has 6 rings (SSSR count). The van der Waals surface area contributed by atoms with Crippen LogP contribution in [0.15, 0.2) is 36.4 Å². The van der Waals surface area contributed by atoms with Gasteiger partial charge in [0.1, 0.15) is 11.6 Å². The molecule has 4 aliphatic carbocycles. The molecule has 4 saturated carbocycles. The van der Waals surface area contributed by atoms with Crippen LogP contribution in [-0.4, -0.2) is 22.6 Å². The molecule has 0 amide bonds. The molecule has 2 aromatic rings. The average Bonchev–Trinajstić information content (AvgIpc) is 2.78. The monoisotopic (exact) mass is 484 g/mol. The maximum Gasteiger partial charge on any atom is 0.307 e. The van der Waals surface area contributed by atoms with E-state index in [1.165, 1.54) is 43.2 Å². The molecule has 1 atom stereocenters. The number of carbonyl (C=O) groups excluding carboxylic acids is 1. The van der Waals surface area contributed by atoms with Crippen LogP contribution in [-0.2, 0) is 16.0 Å². The fourth-order valence-corrected chi connectivity index (χ4v) is 7.98. The van der Waals surface area contributed by atoms with Crippen LogP contribution in [0, 0.1) is 35.3 Å². The van der Waals surface area contributed by atoms with Crippen LogP contribution in [0.2, 0.25) is 0 Å². The number of carbonyl (C=O) groups is 2. The molecule has 180 valence electrons. The van der Waals surface area contributed by atoms with Crippen molar-refractivity contribution in [2.24, 2.45) is 23.7 Å². The summed E-state index contributed by atoms with van der Waals surface area (Å²) in [6, 6.07) is 9.16. The van der Waals surface area contributed by atoms with Gasteiger partial charge in [0, 0.05) is 22.6 Å². The van der Waals surface area contributed by atoms with Crippen LogP contribution in [0.25, 0.3) is 0 Å². The Balaban J connectivity index is 1.30. The van der Waals surface area contributed by atoms with Crippen molar-refractivity contribution in [3.05, 3.63) is 70.3 Å². The molecule has 1 N–H and O–H groups in total. The number of hydrogen-bond donors (Lipinski definition) is 1. The van der Waals surface area contributed by atoms with Crippen molar-refractivity contribution >= 4 is 23.5 Å². The number of halogens is 2. The van der Waals surface area contributed by atoms with Gasteiger partial charge in [-0.2, -0.15) is 11.8 Å². The third kappa shape index (κ3) is 4.41. The maximum absolute atomic E-state index is 15.4. The first-order valence-corrected chi connectivity index (χ1v) is 13.3. The minimum atomic E-state index is -0.879. The highest BCUT2D eigenvalue weighted by atomic mass is 32.2. The Labute approximate surface area is 203 Å². The van der Waals surface area contributed by atoms with Crippen molar-refractivity contribution < 1.29 is 23.5 Å². The molecule has 0 radical (unpaired) electrons. The largest absolute Gasteiger partial charge is 0.481 e. The highest BCUT2D eigenvalue weighted by molar-refractivity contribution is 7.98. The Morgan fingerprint density at radius 2 is 1.53 bits per heavy atom. The number of thioether (sulfide) groups is 1. The SMILES string of the molecule is CC(CSCc1ccc(C(=O)c2ccc(C34CC5CC(CC(C5)C3)C4)c(F)c2)cc1F)C(=O)O. The Morgan fingerprint density at radius 1 is 0.971 bits per heavy atom. The predicted molar refractivity (Wildman–Crippen MR) is 129 cm³/mol. The van der Waals surface area contributed by atoms with Gasteiger partial charge >= 0.3 is 5.97 Å². The Bertz CT molecular complexity index is 1090. The molecule has 6 heteroatoms. The molecule has 3 nitrogen and oxygen atoms in total. The maximum atomic E-state index is 15.4. The third-order valence-electron chi connectivity index (χ3n) is 8.20. The molecule has 4 bridgehead atoms. The van der Waals surface area contributed by atoms with Crippen molar-refractivity contribution in [3.63, 3.8) is 0 Å². The molecule has 0 aliphatic heterocycles. The normalized spacial score (nSPS) is 28.1. The Hall–Kier alpha value is -2.21. The summed E-state index contributed by atoms with van der Waals surface area (Å²) in [6.45, 7) is 1.61. The first kappa shape index (κ1) is 23.5.